The Morgan fingerprint density at radius 3 is 1.94 bits per heavy atom. The normalized spacial score (nSPS) is 9.83. The Labute approximate surface area is 105 Å². The largest absolute Gasteiger partial charge is 0.497 e. The summed E-state index contributed by atoms with van der Waals surface area (Å²) in [5.74, 6) is 0.385. The van der Waals surface area contributed by atoms with Crippen molar-refractivity contribution in [1.29, 1.82) is 0 Å². The highest BCUT2D eigenvalue weighted by Gasteiger charge is 2.00. The first-order valence-corrected chi connectivity index (χ1v) is 5.50. The molecule has 0 atom stereocenters. The summed E-state index contributed by atoms with van der Waals surface area (Å²) in [6.07, 6.45) is 0. The van der Waals surface area contributed by atoms with Crippen molar-refractivity contribution >= 4 is 17.3 Å². The zero-order chi connectivity index (χ0) is 13.0. The molecule has 4 heteroatoms. The monoisotopic (exact) mass is 242 g/mol. The molecule has 2 aromatic rings. The van der Waals surface area contributed by atoms with Gasteiger partial charge in [0.1, 0.15) is 5.75 Å². The van der Waals surface area contributed by atoms with Crippen LogP contribution in [0.15, 0.2) is 48.5 Å². The highest BCUT2D eigenvalue weighted by Crippen LogP contribution is 2.20. The van der Waals surface area contributed by atoms with Crippen LogP contribution in [0, 0.1) is 0 Å². The van der Waals surface area contributed by atoms with Gasteiger partial charge in [-0.3, -0.25) is 4.79 Å². The van der Waals surface area contributed by atoms with Gasteiger partial charge in [0.05, 0.1) is 7.11 Å². The van der Waals surface area contributed by atoms with E-state index in [2.05, 4.69) is 5.32 Å². The Bertz CT molecular complexity index is 533. The lowest BCUT2D eigenvalue weighted by atomic mass is 10.2. The molecular formula is C14H14N2O2. The van der Waals surface area contributed by atoms with Crippen molar-refractivity contribution in [2.45, 2.75) is 0 Å². The Kier molecular flexibility index (Phi) is 3.48. The average Bonchev–Trinajstić information content (AvgIpc) is 2.40. The standard InChI is InChI=1S/C14H14N2O2/c1-18-13-8-6-12(7-9-13)16-11-4-2-10(3-5-11)14(15)17/h2-9,16H,1H3,(H2,15,17). The fourth-order valence-corrected chi connectivity index (χ4v) is 1.56. The lowest BCUT2D eigenvalue weighted by molar-refractivity contribution is 0.100. The third-order valence-corrected chi connectivity index (χ3v) is 2.55. The van der Waals surface area contributed by atoms with Crippen LogP contribution in [0.5, 0.6) is 5.75 Å². The van der Waals surface area contributed by atoms with Gasteiger partial charge in [-0.05, 0) is 48.5 Å². The summed E-state index contributed by atoms with van der Waals surface area (Å²) in [5.41, 5.74) is 7.51. The van der Waals surface area contributed by atoms with E-state index < -0.39 is 5.91 Å². The minimum Gasteiger partial charge on any atom is -0.497 e. The molecule has 0 heterocycles. The molecule has 0 spiro atoms. The molecule has 0 aliphatic carbocycles. The van der Waals surface area contributed by atoms with Crippen molar-refractivity contribution in [3.63, 3.8) is 0 Å². The number of ether oxygens (including phenoxy) is 1. The highest BCUT2D eigenvalue weighted by atomic mass is 16.5. The van der Waals surface area contributed by atoms with Gasteiger partial charge in [-0.25, -0.2) is 0 Å². The molecule has 92 valence electrons. The maximum atomic E-state index is 10.9. The number of carbonyl (C=O) groups is 1. The van der Waals surface area contributed by atoms with Crippen LogP contribution in [0.2, 0.25) is 0 Å². The van der Waals surface area contributed by atoms with Crippen LogP contribution in [0.25, 0.3) is 0 Å². The number of nitrogens with two attached hydrogens (primary N) is 1. The van der Waals surface area contributed by atoms with Crippen LogP contribution in [0.4, 0.5) is 11.4 Å². The molecule has 0 radical (unpaired) electrons. The van der Waals surface area contributed by atoms with Crippen LogP contribution in [-0.4, -0.2) is 13.0 Å². The third-order valence-electron chi connectivity index (χ3n) is 2.55. The van der Waals surface area contributed by atoms with E-state index in [1.807, 2.05) is 36.4 Å². The topological polar surface area (TPSA) is 64.3 Å². The van der Waals surface area contributed by atoms with E-state index in [0.29, 0.717) is 5.56 Å². The van der Waals surface area contributed by atoms with E-state index in [1.54, 1.807) is 19.2 Å². The van der Waals surface area contributed by atoms with Crippen molar-refractivity contribution in [2.24, 2.45) is 5.73 Å². The smallest absolute Gasteiger partial charge is 0.248 e. The molecule has 0 unspecified atom stereocenters. The summed E-state index contributed by atoms with van der Waals surface area (Å²) in [7, 11) is 1.63. The van der Waals surface area contributed by atoms with Gasteiger partial charge in [-0.15, -0.1) is 0 Å². The van der Waals surface area contributed by atoms with Gasteiger partial charge in [-0.2, -0.15) is 0 Å². The molecule has 2 rings (SSSR count). The van der Waals surface area contributed by atoms with Gasteiger partial charge in [0, 0.05) is 16.9 Å². The Morgan fingerprint density at radius 1 is 1.00 bits per heavy atom. The highest BCUT2D eigenvalue weighted by molar-refractivity contribution is 5.93. The summed E-state index contributed by atoms with van der Waals surface area (Å²) >= 11 is 0. The van der Waals surface area contributed by atoms with Crippen LogP contribution in [-0.2, 0) is 0 Å². The van der Waals surface area contributed by atoms with Crippen molar-refractivity contribution in [3.8, 4) is 5.75 Å². The Balaban J connectivity index is 2.10. The molecule has 2 aromatic carbocycles. The van der Waals surface area contributed by atoms with Crippen LogP contribution in [0.1, 0.15) is 10.4 Å². The maximum Gasteiger partial charge on any atom is 0.248 e. The van der Waals surface area contributed by atoms with Gasteiger partial charge >= 0.3 is 0 Å². The van der Waals surface area contributed by atoms with Crippen LogP contribution >= 0.6 is 0 Å². The van der Waals surface area contributed by atoms with E-state index in [-0.39, 0.29) is 0 Å². The number of amides is 1. The van der Waals surface area contributed by atoms with Crippen LogP contribution in [0.3, 0.4) is 0 Å². The fourth-order valence-electron chi connectivity index (χ4n) is 1.56. The first-order valence-electron chi connectivity index (χ1n) is 5.50. The second-order valence-electron chi connectivity index (χ2n) is 3.80. The SMILES string of the molecule is COc1ccc(Nc2ccc(C(N)=O)cc2)cc1. The second kappa shape index (κ2) is 5.23. The van der Waals surface area contributed by atoms with Gasteiger partial charge in [0.2, 0.25) is 5.91 Å². The number of anilines is 2. The first-order chi connectivity index (χ1) is 8.69. The number of methoxy groups -OCH3 is 1. The zero-order valence-corrected chi connectivity index (χ0v) is 10.0. The molecule has 1 amide bonds. The van der Waals surface area contributed by atoms with Crippen molar-refractivity contribution in [3.05, 3.63) is 54.1 Å². The number of hydrogen-bond acceptors (Lipinski definition) is 3. The molecule has 0 fully saturated rings. The van der Waals surface area contributed by atoms with Gasteiger partial charge in [0.25, 0.3) is 0 Å². The Hall–Kier alpha value is -2.49. The molecule has 0 bridgehead atoms. The van der Waals surface area contributed by atoms with E-state index in [9.17, 15) is 4.79 Å². The number of primary amides is 1. The number of carbonyl (C=O) groups excluding carboxylic acids is 1. The predicted molar refractivity (Wildman–Crippen MR) is 71.2 cm³/mol. The molecule has 18 heavy (non-hydrogen) atoms. The van der Waals surface area contributed by atoms with E-state index >= 15 is 0 Å². The Morgan fingerprint density at radius 2 is 1.50 bits per heavy atom. The minimum atomic E-state index is -0.425. The third kappa shape index (κ3) is 2.79. The van der Waals surface area contributed by atoms with E-state index in [0.717, 1.165) is 17.1 Å². The number of benzene rings is 2. The molecule has 3 N–H and O–H groups in total. The lowest BCUT2D eigenvalue weighted by Crippen LogP contribution is -2.10. The quantitative estimate of drug-likeness (QED) is 0.865. The second-order valence-corrected chi connectivity index (χ2v) is 3.80. The lowest BCUT2D eigenvalue weighted by Gasteiger charge is -2.07. The number of hydrogen-bond donors (Lipinski definition) is 2. The van der Waals surface area contributed by atoms with Crippen molar-refractivity contribution in [2.75, 3.05) is 12.4 Å². The number of nitrogens with one attached hydrogen (secondary N) is 1. The van der Waals surface area contributed by atoms with E-state index in [1.165, 1.54) is 0 Å². The first kappa shape index (κ1) is 12.0. The molecule has 0 saturated heterocycles. The maximum absolute atomic E-state index is 10.9. The molecule has 4 nitrogen and oxygen atoms in total. The summed E-state index contributed by atoms with van der Waals surface area (Å²) < 4.78 is 5.08. The summed E-state index contributed by atoms with van der Waals surface area (Å²) in [6, 6.07) is 14.6. The number of rotatable bonds is 4. The van der Waals surface area contributed by atoms with Crippen molar-refractivity contribution in [1.82, 2.24) is 0 Å². The summed E-state index contributed by atoms with van der Waals surface area (Å²) in [5, 5.41) is 3.21. The van der Waals surface area contributed by atoms with Crippen LogP contribution < -0.4 is 15.8 Å². The molecule has 0 aliphatic heterocycles. The zero-order valence-electron chi connectivity index (χ0n) is 10.0. The molecular weight excluding hydrogens is 228 g/mol. The fraction of sp³-hybridized carbons (Fsp3) is 0.0714. The van der Waals surface area contributed by atoms with Gasteiger partial charge < -0.3 is 15.8 Å². The summed E-state index contributed by atoms with van der Waals surface area (Å²) in [6.45, 7) is 0. The van der Waals surface area contributed by atoms with Crippen molar-refractivity contribution < 1.29 is 9.53 Å². The molecule has 0 aromatic heterocycles. The molecule has 0 aliphatic rings. The summed E-state index contributed by atoms with van der Waals surface area (Å²) in [4.78, 5) is 10.9. The average molecular weight is 242 g/mol. The minimum absolute atomic E-state index is 0.425. The van der Waals surface area contributed by atoms with E-state index in [4.69, 9.17) is 10.5 Å². The van der Waals surface area contributed by atoms with Gasteiger partial charge in [0.15, 0.2) is 0 Å². The van der Waals surface area contributed by atoms with Gasteiger partial charge in [-0.1, -0.05) is 0 Å². The predicted octanol–water partition coefficient (Wildman–Crippen LogP) is 2.54. The molecule has 0 saturated carbocycles.